The fourth-order valence-electron chi connectivity index (χ4n) is 8.60. The van der Waals surface area contributed by atoms with E-state index in [1.165, 1.54) is 5.56 Å². The van der Waals surface area contributed by atoms with Gasteiger partial charge in [-0.2, -0.15) is 0 Å². The Morgan fingerprint density at radius 3 is 1.23 bits per heavy atom. The lowest BCUT2D eigenvalue weighted by atomic mass is 9.94. The normalized spacial score (nSPS) is 11.8. The number of rotatable bonds is 7. The highest BCUT2D eigenvalue weighted by atomic mass is 16.4. The Morgan fingerprint density at radius 2 is 0.772 bits per heavy atom. The second-order valence-corrected chi connectivity index (χ2v) is 15.2. The predicted molar refractivity (Wildman–Crippen MR) is 239 cm³/mol. The van der Waals surface area contributed by atoms with Gasteiger partial charge in [-0.3, -0.25) is 0 Å². The van der Waals surface area contributed by atoms with Crippen molar-refractivity contribution in [2.24, 2.45) is 0 Å². The molecule has 9 aromatic carbocycles. The molecule has 2 heterocycles. The molecule has 0 atom stereocenters. The van der Waals surface area contributed by atoms with Crippen molar-refractivity contribution in [2.45, 2.75) is 19.8 Å². The van der Waals surface area contributed by atoms with E-state index in [2.05, 4.69) is 212 Å². The van der Waals surface area contributed by atoms with Crippen LogP contribution in [0.5, 0.6) is 0 Å². The molecule has 11 rings (SSSR count). The predicted octanol–water partition coefficient (Wildman–Crippen LogP) is 15.9. The molecule has 2 aromatic heterocycles. The van der Waals surface area contributed by atoms with Crippen molar-refractivity contribution in [1.82, 2.24) is 0 Å². The van der Waals surface area contributed by atoms with Crippen LogP contribution in [-0.4, -0.2) is 0 Å². The summed E-state index contributed by atoms with van der Waals surface area (Å²) in [6.45, 7) is 4.53. The molecule has 57 heavy (non-hydrogen) atoms. The summed E-state index contributed by atoms with van der Waals surface area (Å²) in [7, 11) is 0. The van der Waals surface area contributed by atoms with Crippen LogP contribution in [-0.2, 0) is 0 Å². The van der Waals surface area contributed by atoms with E-state index in [0.29, 0.717) is 0 Å². The van der Waals surface area contributed by atoms with Gasteiger partial charge >= 0.3 is 0 Å². The maximum atomic E-state index is 6.90. The Labute approximate surface area is 330 Å². The summed E-state index contributed by atoms with van der Waals surface area (Å²) in [6, 6.07) is 66.8. The molecular formula is C53H38N2O2. The van der Waals surface area contributed by atoms with Gasteiger partial charge in [0.1, 0.15) is 11.2 Å². The van der Waals surface area contributed by atoms with Crippen molar-refractivity contribution in [3.8, 4) is 0 Å². The summed E-state index contributed by atoms with van der Waals surface area (Å²) in [5, 5.41) is 8.96. The van der Waals surface area contributed by atoms with Crippen LogP contribution in [0.3, 0.4) is 0 Å². The van der Waals surface area contributed by atoms with E-state index in [1.54, 1.807) is 0 Å². The topological polar surface area (TPSA) is 32.8 Å². The smallest absolute Gasteiger partial charge is 0.178 e. The van der Waals surface area contributed by atoms with E-state index >= 15 is 0 Å². The van der Waals surface area contributed by atoms with Gasteiger partial charge in [0.05, 0.1) is 0 Å². The van der Waals surface area contributed by atoms with Gasteiger partial charge in [-0.25, -0.2) is 0 Å². The summed E-state index contributed by atoms with van der Waals surface area (Å²) in [6.07, 6.45) is 0. The molecule has 0 bridgehead atoms. The SMILES string of the molecule is CC(C)c1cc2c3cc4ccc(N(c5ccccc5)c5ccccc5)cc4cc3oc2c2oc3cc4cc(N(c5ccccc5)c5ccccc5)ccc4cc3c12. The van der Waals surface area contributed by atoms with Gasteiger partial charge in [-0.05, 0) is 136 Å². The molecule has 4 nitrogen and oxygen atoms in total. The molecule has 0 saturated heterocycles. The lowest BCUT2D eigenvalue weighted by molar-refractivity contribution is 0.633. The van der Waals surface area contributed by atoms with Crippen molar-refractivity contribution in [3.63, 3.8) is 0 Å². The zero-order valence-corrected chi connectivity index (χ0v) is 31.7. The fraction of sp³-hybridized carbons (Fsp3) is 0.0566. The second kappa shape index (κ2) is 13.2. The highest BCUT2D eigenvalue weighted by molar-refractivity contribution is 6.22. The summed E-state index contributed by atoms with van der Waals surface area (Å²) in [5.41, 5.74) is 11.1. The number of nitrogens with zero attached hydrogens (tertiary/aromatic N) is 2. The number of furan rings is 2. The van der Waals surface area contributed by atoms with E-state index < -0.39 is 0 Å². The van der Waals surface area contributed by atoms with Crippen LogP contribution >= 0.6 is 0 Å². The van der Waals surface area contributed by atoms with Gasteiger partial charge < -0.3 is 18.6 Å². The first-order valence-electron chi connectivity index (χ1n) is 19.6. The first-order chi connectivity index (χ1) is 28.1. The van der Waals surface area contributed by atoms with Crippen LogP contribution in [0.15, 0.2) is 197 Å². The minimum atomic E-state index is 0.274. The molecule has 272 valence electrons. The molecule has 0 amide bonds. The zero-order chi connectivity index (χ0) is 38.0. The zero-order valence-electron chi connectivity index (χ0n) is 31.7. The van der Waals surface area contributed by atoms with Crippen LogP contribution < -0.4 is 9.80 Å². The van der Waals surface area contributed by atoms with E-state index in [1.807, 2.05) is 0 Å². The number of para-hydroxylation sites is 4. The quantitative estimate of drug-likeness (QED) is 0.163. The van der Waals surface area contributed by atoms with Crippen molar-refractivity contribution >= 4 is 99.5 Å². The number of hydrogen-bond acceptors (Lipinski definition) is 4. The summed E-state index contributed by atoms with van der Waals surface area (Å²) in [5.74, 6) is 0.274. The van der Waals surface area contributed by atoms with E-state index in [-0.39, 0.29) is 5.92 Å². The average Bonchev–Trinajstić information content (AvgIpc) is 3.81. The molecule has 0 spiro atoms. The van der Waals surface area contributed by atoms with Crippen molar-refractivity contribution in [3.05, 3.63) is 194 Å². The molecule has 4 heteroatoms. The van der Waals surface area contributed by atoms with Crippen LogP contribution in [0.1, 0.15) is 25.3 Å². The monoisotopic (exact) mass is 734 g/mol. The number of benzene rings is 9. The van der Waals surface area contributed by atoms with Crippen LogP contribution in [0.4, 0.5) is 34.1 Å². The number of anilines is 6. The Bertz CT molecular complexity index is 3180. The molecule has 0 saturated carbocycles. The third-order valence-corrected chi connectivity index (χ3v) is 11.3. The van der Waals surface area contributed by atoms with Gasteiger partial charge in [-0.15, -0.1) is 0 Å². The van der Waals surface area contributed by atoms with Crippen LogP contribution in [0, 0.1) is 0 Å². The lowest BCUT2D eigenvalue weighted by Crippen LogP contribution is -2.09. The van der Waals surface area contributed by atoms with E-state index in [9.17, 15) is 0 Å². The Hall–Kier alpha value is -7.30. The standard InChI is InChI=1S/C53H38N2O2/c1-34(2)45-33-47-46-29-35-23-25-43(54(39-15-7-3-8-16-39)40-17-9-4-10-18-40)27-37(35)31-49(46)56-52(47)53-51(45)48-30-36-24-26-44(28-38(36)32-50(48)57-53)55(41-19-11-5-12-20-41)42-21-13-6-14-22-42/h3-34H,1-2H3. The maximum absolute atomic E-state index is 6.90. The fourth-order valence-corrected chi connectivity index (χ4v) is 8.60. The van der Waals surface area contributed by atoms with Gasteiger partial charge in [0.15, 0.2) is 11.2 Å². The maximum Gasteiger partial charge on any atom is 0.178 e. The Morgan fingerprint density at radius 1 is 0.351 bits per heavy atom. The van der Waals surface area contributed by atoms with Gasteiger partial charge in [0, 0.05) is 55.7 Å². The summed E-state index contributed by atoms with van der Waals surface area (Å²) in [4.78, 5) is 4.59. The molecule has 11 aromatic rings. The van der Waals surface area contributed by atoms with Crippen molar-refractivity contribution < 1.29 is 8.83 Å². The second-order valence-electron chi connectivity index (χ2n) is 15.2. The third kappa shape index (κ3) is 5.52. The van der Waals surface area contributed by atoms with Crippen LogP contribution in [0.2, 0.25) is 0 Å². The molecule has 0 aliphatic rings. The summed E-state index contributed by atoms with van der Waals surface area (Å²) >= 11 is 0. The molecule has 0 N–H and O–H groups in total. The largest absolute Gasteiger partial charge is 0.452 e. The first-order valence-corrected chi connectivity index (χ1v) is 19.6. The third-order valence-electron chi connectivity index (χ3n) is 11.3. The minimum Gasteiger partial charge on any atom is -0.452 e. The van der Waals surface area contributed by atoms with E-state index in [4.69, 9.17) is 8.83 Å². The Kier molecular flexibility index (Phi) is 7.65. The molecule has 0 aliphatic carbocycles. The lowest BCUT2D eigenvalue weighted by Gasteiger charge is -2.25. The Balaban J connectivity index is 1.08. The van der Waals surface area contributed by atoms with Gasteiger partial charge in [-0.1, -0.05) is 98.8 Å². The van der Waals surface area contributed by atoms with Crippen molar-refractivity contribution in [2.75, 3.05) is 9.80 Å². The van der Waals surface area contributed by atoms with Crippen molar-refractivity contribution in [1.29, 1.82) is 0 Å². The number of hydrogen-bond donors (Lipinski definition) is 0. The first kappa shape index (κ1) is 33.1. The molecular weight excluding hydrogens is 697 g/mol. The van der Waals surface area contributed by atoms with Gasteiger partial charge in [0.25, 0.3) is 0 Å². The molecule has 0 aliphatic heterocycles. The van der Waals surface area contributed by atoms with Gasteiger partial charge in [0.2, 0.25) is 0 Å². The molecule has 0 fully saturated rings. The molecule has 0 unspecified atom stereocenters. The van der Waals surface area contributed by atoms with E-state index in [0.717, 1.165) is 99.5 Å². The highest BCUT2D eigenvalue weighted by Gasteiger charge is 2.23. The highest BCUT2D eigenvalue weighted by Crippen LogP contribution is 2.46. The summed E-state index contributed by atoms with van der Waals surface area (Å²) < 4.78 is 13.7. The minimum absolute atomic E-state index is 0.274. The number of fused-ring (bicyclic) bond motifs is 9. The molecule has 0 radical (unpaired) electrons. The van der Waals surface area contributed by atoms with Crippen LogP contribution in [0.25, 0.3) is 65.4 Å². The average molecular weight is 735 g/mol.